The number of carbonyl (C=O) groups excluding carboxylic acids is 1. The molecule has 1 N–H and O–H groups in total. The first kappa shape index (κ1) is 21.0. The molecule has 2 aromatic heterocycles. The fourth-order valence-electron chi connectivity index (χ4n) is 2.42. The summed E-state index contributed by atoms with van der Waals surface area (Å²) in [4.78, 5) is 20.3. The van der Waals surface area contributed by atoms with Crippen LogP contribution in [-0.4, -0.2) is 23.0 Å². The lowest BCUT2D eigenvalue weighted by Gasteiger charge is -2.15. The van der Waals surface area contributed by atoms with Gasteiger partial charge in [0.05, 0.1) is 24.6 Å². The van der Waals surface area contributed by atoms with E-state index in [1.54, 1.807) is 19.1 Å². The zero-order valence-corrected chi connectivity index (χ0v) is 15.7. The van der Waals surface area contributed by atoms with Crippen molar-refractivity contribution in [1.29, 1.82) is 0 Å². The first-order valence-corrected chi connectivity index (χ1v) is 8.50. The second-order valence-electron chi connectivity index (χ2n) is 6.11. The molecule has 0 fully saturated rings. The van der Waals surface area contributed by atoms with Gasteiger partial charge in [0.2, 0.25) is 5.88 Å². The molecule has 6 nitrogen and oxygen atoms in total. The van der Waals surface area contributed by atoms with Crippen molar-refractivity contribution in [2.75, 3.05) is 12.4 Å². The van der Waals surface area contributed by atoms with E-state index in [1.807, 2.05) is 0 Å². The molecule has 0 radical (unpaired) electrons. The standard InChI is InChI=1S/C20H15F4N3O3/c1-11-3-5-14(10-25-11)27-18(28)15-7-12(20(22,23)24)9-26-19(15)30-16-6-4-13(21)8-17(16)29-2/h3-10H,1-2H3,(H,27,28). The van der Waals surface area contributed by atoms with Crippen LogP contribution in [0.5, 0.6) is 17.4 Å². The van der Waals surface area contributed by atoms with Gasteiger partial charge in [-0.1, -0.05) is 0 Å². The second kappa shape index (κ2) is 8.36. The van der Waals surface area contributed by atoms with Crippen molar-refractivity contribution in [1.82, 2.24) is 9.97 Å². The van der Waals surface area contributed by atoms with Crippen LogP contribution >= 0.6 is 0 Å². The van der Waals surface area contributed by atoms with Gasteiger partial charge in [0.25, 0.3) is 5.91 Å². The normalized spacial score (nSPS) is 11.1. The zero-order valence-electron chi connectivity index (χ0n) is 15.7. The van der Waals surface area contributed by atoms with Crippen molar-refractivity contribution in [3.05, 3.63) is 71.4 Å². The number of hydrogen-bond acceptors (Lipinski definition) is 5. The summed E-state index contributed by atoms with van der Waals surface area (Å²) in [6.07, 6.45) is -2.83. The van der Waals surface area contributed by atoms with Gasteiger partial charge in [-0.05, 0) is 37.3 Å². The Labute approximate surface area is 168 Å². The van der Waals surface area contributed by atoms with Crippen LogP contribution in [0.4, 0.5) is 23.2 Å². The van der Waals surface area contributed by atoms with Gasteiger partial charge >= 0.3 is 6.18 Å². The molecule has 30 heavy (non-hydrogen) atoms. The number of ether oxygens (including phenoxy) is 2. The van der Waals surface area contributed by atoms with Gasteiger partial charge in [0.1, 0.15) is 11.4 Å². The van der Waals surface area contributed by atoms with Crippen LogP contribution in [0.2, 0.25) is 0 Å². The number of hydrogen-bond donors (Lipinski definition) is 1. The van der Waals surface area contributed by atoms with Crippen LogP contribution in [0.25, 0.3) is 0 Å². The van der Waals surface area contributed by atoms with E-state index in [9.17, 15) is 22.4 Å². The number of pyridine rings is 2. The van der Waals surface area contributed by atoms with Crippen molar-refractivity contribution >= 4 is 11.6 Å². The third-order valence-electron chi connectivity index (χ3n) is 3.92. The summed E-state index contributed by atoms with van der Waals surface area (Å²) in [6, 6.07) is 7.09. The largest absolute Gasteiger partial charge is 0.493 e. The minimum atomic E-state index is -4.72. The van der Waals surface area contributed by atoms with Gasteiger partial charge in [0, 0.05) is 18.0 Å². The number of alkyl halides is 3. The van der Waals surface area contributed by atoms with E-state index in [4.69, 9.17) is 9.47 Å². The predicted octanol–water partition coefficient (Wildman–Crippen LogP) is 5.00. The molecule has 10 heteroatoms. The SMILES string of the molecule is COc1cc(F)ccc1Oc1ncc(C(F)(F)F)cc1C(=O)Nc1ccc(C)nc1. The Morgan fingerprint density at radius 1 is 1.03 bits per heavy atom. The summed E-state index contributed by atoms with van der Waals surface area (Å²) in [5, 5.41) is 2.45. The molecule has 1 amide bonds. The number of anilines is 1. The molecule has 0 aliphatic rings. The van der Waals surface area contributed by atoms with Crippen molar-refractivity contribution in [3.63, 3.8) is 0 Å². The maximum atomic E-state index is 13.4. The smallest absolute Gasteiger partial charge is 0.417 e. The Hall–Kier alpha value is -3.69. The van der Waals surface area contributed by atoms with Crippen LogP contribution in [0.3, 0.4) is 0 Å². The van der Waals surface area contributed by atoms with Crippen molar-refractivity contribution < 1.29 is 31.8 Å². The van der Waals surface area contributed by atoms with Gasteiger partial charge in [-0.2, -0.15) is 13.2 Å². The summed E-state index contributed by atoms with van der Waals surface area (Å²) in [5.41, 5.74) is -0.639. The summed E-state index contributed by atoms with van der Waals surface area (Å²) >= 11 is 0. The zero-order chi connectivity index (χ0) is 21.9. The third kappa shape index (κ3) is 4.83. The van der Waals surface area contributed by atoms with E-state index in [0.29, 0.717) is 18.0 Å². The first-order valence-electron chi connectivity index (χ1n) is 8.50. The number of rotatable bonds is 5. The molecule has 3 aromatic rings. The lowest BCUT2D eigenvalue weighted by atomic mass is 10.1. The van der Waals surface area contributed by atoms with Crippen molar-refractivity contribution in [2.24, 2.45) is 0 Å². The quantitative estimate of drug-likeness (QED) is 0.587. The third-order valence-corrected chi connectivity index (χ3v) is 3.92. The molecule has 0 aliphatic heterocycles. The molecule has 0 aliphatic carbocycles. The minimum Gasteiger partial charge on any atom is -0.493 e. The highest BCUT2D eigenvalue weighted by Gasteiger charge is 2.33. The van der Waals surface area contributed by atoms with Gasteiger partial charge in [-0.15, -0.1) is 0 Å². The number of methoxy groups -OCH3 is 1. The van der Waals surface area contributed by atoms with Gasteiger partial charge < -0.3 is 14.8 Å². The lowest BCUT2D eigenvalue weighted by molar-refractivity contribution is -0.137. The average Bonchev–Trinajstić information content (AvgIpc) is 2.70. The van der Waals surface area contributed by atoms with Crippen LogP contribution in [0, 0.1) is 12.7 Å². The maximum absolute atomic E-state index is 13.4. The van der Waals surface area contributed by atoms with E-state index in [2.05, 4.69) is 15.3 Å². The molecular weight excluding hydrogens is 406 g/mol. The molecule has 156 valence electrons. The molecule has 3 rings (SSSR count). The monoisotopic (exact) mass is 421 g/mol. The number of aromatic nitrogens is 2. The van der Waals surface area contributed by atoms with Crippen LogP contribution in [0.15, 0.2) is 48.8 Å². The molecule has 0 spiro atoms. The van der Waals surface area contributed by atoms with E-state index in [0.717, 1.165) is 12.1 Å². The van der Waals surface area contributed by atoms with Crippen LogP contribution in [-0.2, 0) is 6.18 Å². The summed E-state index contributed by atoms with van der Waals surface area (Å²) in [5.74, 6) is -1.96. The Morgan fingerprint density at radius 2 is 1.80 bits per heavy atom. The fraction of sp³-hybridized carbons (Fsp3) is 0.150. The number of nitrogens with zero attached hydrogens (tertiary/aromatic N) is 2. The molecule has 2 heterocycles. The van der Waals surface area contributed by atoms with E-state index < -0.39 is 34.9 Å². The highest BCUT2D eigenvalue weighted by atomic mass is 19.4. The van der Waals surface area contributed by atoms with Crippen LogP contribution < -0.4 is 14.8 Å². The number of amides is 1. The summed E-state index contributed by atoms with van der Waals surface area (Å²) < 4.78 is 63.3. The lowest BCUT2D eigenvalue weighted by Crippen LogP contribution is -2.16. The van der Waals surface area contributed by atoms with E-state index in [1.165, 1.54) is 19.4 Å². The summed E-state index contributed by atoms with van der Waals surface area (Å²) in [6.45, 7) is 1.74. The molecule has 0 atom stereocenters. The van der Waals surface area contributed by atoms with E-state index >= 15 is 0 Å². The fourth-order valence-corrected chi connectivity index (χ4v) is 2.42. The van der Waals surface area contributed by atoms with Crippen molar-refractivity contribution in [3.8, 4) is 17.4 Å². The average molecular weight is 421 g/mol. The van der Waals surface area contributed by atoms with Crippen LogP contribution in [0.1, 0.15) is 21.6 Å². The number of nitrogens with one attached hydrogen (secondary N) is 1. The number of halogens is 4. The van der Waals surface area contributed by atoms with Gasteiger partial charge in [0.15, 0.2) is 11.5 Å². The van der Waals surface area contributed by atoms with Gasteiger partial charge in [-0.3, -0.25) is 9.78 Å². The second-order valence-corrected chi connectivity index (χ2v) is 6.11. The van der Waals surface area contributed by atoms with Gasteiger partial charge in [-0.25, -0.2) is 9.37 Å². The Balaban J connectivity index is 2.00. The molecule has 0 saturated heterocycles. The molecule has 0 bridgehead atoms. The number of aryl methyl sites for hydroxylation is 1. The first-order chi connectivity index (χ1) is 14.2. The summed E-state index contributed by atoms with van der Waals surface area (Å²) in [7, 11) is 1.26. The van der Waals surface area contributed by atoms with Crippen molar-refractivity contribution in [2.45, 2.75) is 13.1 Å². The maximum Gasteiger partial charge on any atom is 0.417 e. The molecular formula is C20H15F4N3O3. The Bertz CT molecular complexity index is 1070. The minimum absolute atomic E-state index is 0.0224. The number of benzene rings is 1. The highest BCUT2D eigenvalue weighted by Crippen LogP contribution is 2.35. The topological polar surface area (TPSA) is 73.3 Å². The van der Waals surface area contributed by atoms with E-state index in [-0.39, 0.29) is 17.2 Å². The Kier molecular flexibility index (Phi) is 5.86. The molecule has 1 aromatic carbocycles. The predicted molar refractivity (Wildman–Crippen MR) is 99.2 cm³/mol. The number of carbonyl (C=O) groups is 1. The molecule has 0 saturated carbocycles. The Morgan fingerprint density at radius 3 is 2.43 bits per heavy atom. The highest BCUT2D eigenvalue weighted by molar-refractivity contribution is 6.06. The molecule has 0 unspecified atom stereocenters.